The van der Waals surface area contributed by atoms with Crippen molar-refractivity contribution in [3.05, 3.63) is 29.3 Å². The number of benzene rings is 1. The molecule has 0 unspecified atom stereocenters. The van der Waals surface area contributed by atoms with E-state index in [0.29, 0.717) is 5.02 Å². The van der Waals surface area contributed by atoms with Gasteiger partial charge in [0.25, 0.3) is 0 Å². The molecule has 0 spiro atoms. The van der Waals surface area contributed by atoms with Gasteiger partial charge in [0.1, 0.15) is 5.75 Å². The minimum Gasteiger partial charge on any atom is -0.351 e. The van der Waals surface area contributed by atoms with Crippen LogP contribution in [0, 0.1) is 0 Å². The Morgan fingerprint density at radius 3 is 2.17 bits per heavy atom. The molecule has 1 aromatic rings. The van der Waals surface area contributed by atoms with Gasteiger partial charge < -0.3 is 5.32 Å². The van der Waals surface area contributed by atoms with Gasteiger partial charge in [-0.2, -0.15) is 0 Å². The van der Waals surface area contributed by atoms with Crippen LogP contribution >= 0.6 is 11.6 Å². The van der Waals surface area contributed by atoms with Crippen molar-refractivity contribution in [3.63, 3.8) is 0 Å². The molecule has 6 heteroatoms. The molecule has 0 saturated carbocycles. The normalized spacial score (nSPS) is 12.2. The third kappa shape index (κ3) is 4.66. The molecule has 1 aromatic carbocycles. The zero-order valence-electron chi connectivity index (χ0n) is 10.5. The summed E-state index contributed by atoms with van der Waals surface area (Å²) in [5.41, 5.74) is -0.452. The van der Waals surface area contributed by atoms with Crippen LogP contribution in [0.1, 0.15) is 20.8 Å². The monoisotopic (exact) mass is 289 g/mol. The Morgan fingerprint density at radius 1 is 1.22 bits per heavy atom. The zero-order valence-corrected chi connectivity index (χ0v) is 12.1. The molecule has 0 heterocycles. The maximum Gasteiger partial charge on any atom is 0.235 e. The summed E-state index contributed by atoms with van der Waals surface area (Å²) in [6, 6.07) is 5.75. The maximum atomic E-state index is 11.9. The van der Waals surface area contributed by atoms with Crippen LogP contribution in [0.5, 0.6) is 0 Å². The Hall–Kier alpha value is -1.07. The van der Waals surface area contributed by atoms with Crippen LogP contribution in [-0.4, -0.2) is 25.6 Å². The van der Waals surface area contributed by atoms with Gasteiger partial charge in [0.15, 0.2) is 9.84 Å². The quantitative estimate of drug-likeness (QED) is 0.926. The lowest BCUT2D eigenvalue weighted by Crippen LogP contribution is -2.43. The predicted octanol–water partition coefficient (Wildman–Crippen LogP) is 2.03. The van der Waals surface area contributed by atoms with E-state index in [4.69, 9.17) is 11.6 Å². The molecule has 0 aliphatic heterocycles. The number of hydrogen-bond acceptors (Lipinski definition) is 3. The van der Waals surface area contributed by atoms with Gasteiger partial charge in [-0.05, 0) is 45.0 Å². The van der Waals surface area contributed by atoms with Gasteiger partial charge in [-0.3, -0.25) is 4.79 Å². The van der Waals surface area contributed by atoms with Crippen LogP contribution in [0.2, 0.25) is 5.02 Å². The van der Waals surface area contributed by atoms with Crippen LogP contribution in [0.4, 0.5) is 0 Å². The Labute approximate surface area is 112 Å². The summed E-state index contributed by atoms with van der Waals surface area (Å²) in [4.78, 5) is 11.7. The van der Waals surface area contributed by atoms with Gasteiger partial charge in [-0.25, -0.2) is 8.42 Å². The van der Waals surface area contributed by atoms with E-state index in [0.717, 1.165) is 0 Å². The Kier molecular flexibility index (Phi) is 4.40. The molecule has 100 valence electrons. The van der Waals surface area contributed by atoms with Crippen molar-refractivity contribution in [2.45, 2.75) is 31.2 Å². The summed E-state index contributed by atoms with van der Waals surface area (Å²) in [6.07, 6.45) is 0. The number of hydrogen-bond donors (Lipinski definition) is 1. The van der Waals surface area contributed by atoms with Gasteiger partial charge in [0.05, 0.1) is 4.90 Å². The summed E-state index contributed by atoms with van der Waals surface area (Å²) in [5.74, 6) is -1.08. The van der Waals surface area contributed by atoms with Crippen molar-refractivity contribution >= 4 is 27.3 Å². The first-order valence-corrected chi connectivity index (χ1v) is 7.42. The highest BCUT2D eigenvalue weighted by atomic mass is 35.5. The van der Waals surface area contributed by atoms with Gasteiger partial charge in [-0.1, -0.05) is 11.6 Å². The molecule has 0 aliphatic rings. The topological polar surface area (TPSA) is 63.2 Å². The van der Waals surface area contributed by atoms with E-state index in [1.807, 2.05) is 0 Å². The number of nitrogens with one attached hydrogen (secondary N) is 1. The number of amides is 1. The van der Waals surface area contributed by atoms with E-state index >= 15 is 0 Å². The summed E-state index contributed by atoms with van der Waals surface area (Å²) in [6.45, 7) is 5.37. The Balaban J connectivity index is 2.83. The third-order valence-corrected chi connectivity index (χ3v) is 3.89. The standard InChI is InChI=1S/C12H16ClNO3S/c1-12(2,3)14-11(15)8-18(16,17)10-6-4-9(13)5-7-10/h4-7H,8H2,1-3H3,(H,14,15). The van der Waals surface area contributed by atoms with Crippen molar-refractivity contribution in [3.8, 4) is 0 Å². The van der Waals surface area contributed by atoms with E-state index in [1.165, 1.54) is 24.3 Å². The molecule has 1 amide bonds. The van der Waals surface area contributed by atoms with E-state index in [2.05, 4.69) is 5.32 Å². The molecule has 0 saturated heterocycles. The van der Waals surface area contributed by atoms with Crippen LogP contribution in [0.3, 0.4) is 0 Å². The molecule has 0 radical (unpaired) electrons. The fourth-order valence-corrected chi connectivity index (χ4v) is 2.61. The SMILES string of the molecule is CC(C)(C)NC(=O)CS(=O)(=O)c1ccc(Cl)cc1. The number of sulfone groups is 1. The first-order valence-electron chi connectivity index (χ1n) is 5.39. The van der Waals surface area contributed by atoms with Gasteiger partial charge in [0, 0.05) is 10.6 Å². The smallest absolute Gasteiger partial charge is 0.235 e. The first-order chi connectivity index (χ1) is 8.10. The molecule has 0 aliphatic carbocycles. The molecule has 1 rings (SSSR count). The largest absolute Gasteiger partial charge is 0.351 e. The second kappa shape index (κ2) is 5.28. The van der Waals surface area contributed by atoms with Crippen LogP contribution in [0.15, 0.2) is 29.2 Å². The summed E-state index contributed by atoms with van der Waals surface area (Å²) >= 11 is 5.68. The first kappa shape index (κ1) is 15.0. The molecular formula is C12H16ClNO3S. The average Bonchev–Trinajstić information content (AvgIpc) is 2.13. The Bertz CT molecular complexity index is 529. The number of halogens is 1. The second-order valence-electron chi connectivity index (χ2n) is 5.01. The van der Waals surface area contributed by atoms with E-state index in [9.17, 15) is 13.2 Å². The molecular weight excluding hydrogens is 274 g/mol. The van der Waals surface area contributed by atoms with E-state index in [-0.39, 0.29) is 4.90 Å². The number of carbonyl (C=O) groups excluding carboxylic acids is 1. The van der Waals surface area contributed by atoms with Crippen molar-refractivity contribution in [1.29, 1.82) is 0 Å². The highest BCUT2D eigenvalue weighted by Crippen LogP contribution is 2.15. The summed E-state index contributed by atoms with van der Waals surface area (Å²) < 4.78 is 23.9. The van der Waals surface area contributed by atoms with Gasteiger partial charge in [-0.15, -0.1) is 0 Å². The molecule has 0 aromatic heterocycles. The fraction of sp³-hybridized carbons (Fsp3) is 0.417. The summed E-state index contributed by atoms with van der Waals surface area (Å²) in [7, 11) is -3.62. The lowest BCUT2D eigenvalue weighted by molar-refractivity contribution is -0.120. The van der Waals surface area contributed by atoms with Gasteiger partial charge >= 0.3 is 0 Å². The van der Waals surface area contributed by atoms with Crippen LogP contribution in [0.25, 0.3) is 0 Å². The fourth-order valence-electron chi connectivity index (χ4n) is 1.35. The van der Waals surface area contributed by atoms with Crippen LogP contribution in [-0.2, 0) is 14.6 Å². The predicted molar refractivity (Wildman–Crippen MR) is 71.4 cm³/mol. The second-order valence-corrected chi connectivity index (χ2v) is 7.44. The average molecular weight is 290 g/mol. The van der Waals surface area contributed by atoms with Gasteiger partial charge in [0.2, 0.25) is 5.91 Å². The highest BCUT2D eigenvalue weighted by Gasteiger charge is 2.22. The lowest BCUT2D eigenvalue weighted by Gasteiger charge is -2.20. The van der Waals surface area contributed by atoms with Crippen molar-refractivity contribution < 1.29 is 13.2 Å². The minimum absolute atomic E-state index is 0.0935. The number of carbonyl (C=O) groups is 1. The molecule has 18 heavy (non-hydrogen) atoms. The molecule has 0 atom stereocenters. The molecule has 1 N–H and O–H groups in total. The minimum atomic E-state index is -3.62. The van der Waals surface area contributed by atoms with Crippen molar-refractivity contribution in [2.24, 2.45) is 0 Å². The highest BCUT2D eigenvalue weighted by molar-refractivity contribution is 7.92. The zero-order chi connectivity index (χ0) is 14.0. The lowest BCUT2D eigenvalue weighted by atomic mass is 10.1. The number of rotatable bonds is 3. The molecule has 4 nitrogen and oxygen atoms in total. The van der Waals surface area contributed by atoms with E-state index in [1.54, 1.807) is 20.8 Å². The molecule has 0 fully saturated rings. The van der Waals surface area contributed by atoms with Crippen molar-refractivity contribution in [2.75, 3.05) is 5.75 Å². The third-order valence-electron chi connectivity index (χ3n) is 2.01. The molecule has 0 bridgehead atoms. The van der Waals surface area contributed by atoms with Crippen molar-refractivity contribution in [1.82, 2.24) is 5.32 Å². The van der Waals surface area contributed by atoms with Crippen LogP contribution < -0.4 is 5.32 Å². The van der Waals surface area contributed by atoms with E-state index < -0.39 is 27.0 Å². The maximum absolute atomic E-state index is 11.9. The Morgan fingerprint density at radius 2 is 1.72 bits per heavy atom. The summed E-state index contributed by atoms with van der Waals surface area (Å²) in [5, 5.41) is 3.06.